The summed E-state index contributed by atoms with van der Waals surface area (Å²) in [4.78, 5) is 12.4. The fourth-order valence-corrected chi connectivity index (χ4v) is 3.13. The van der Waals surface area contributed by atoms with E-state index in [0.29, 0.717) is 12.4 Å². The molecule has 0 aliphatic heterocycles. The third-order valence-electron chi connectivity index (χ3n) is 3.23. The minimum atomic E-state index is -0.935. The van der Waals surface area contributed by atoms with Crippen molar-refractivity contribution in [3.05, 3.63) is 50.2 Å². The Morgan fingerprint density at radius 1 is 1.15 bits per heavy atom. The van der Waals surface area contributed by atoms with Gasteiger partial charge in [-0.15, -0.1) is 11.3 Å². The number of ether oxygens (including phenoxy) is 1. The molecule has 1 N–H and O–H groups in total. The van der Waals surface area contributed by atoms with Crippen molar-refractivity contribution in [2.24, 2.45) is 0 Å². The molecule has 0 unspecified atom stereocenters. The first-order valence-electron chi connectivity index (χ1n) is 6.41. The van der Waals surface area contributed by atoms with E-state index in [2.05, 4.69) is 32.9 Å². The Labute approximate surface area is 122 Å². The molecule has 1 aromatic heterocycles. The van der Waals surface area contributed by atoms with Crippen LogP contribution in [0.25, 0.3) is 0 Å². The second kappa shape index (κ2) is 5.67. The largest absolute Gasteiger partial charge is 0.487 e. The van der Waals surface area contributed by atoms with E-state index in [0.717, 1.165) is 10.4 Å². The van der Waals surface area contributed by atoms with Gasteiger partial charge in [-0.2, -0.15) is 0 Å². The maximum absolute atomic E-state index is 11.2. The second-order valence-electron chi connectivity index (χ2n) is 5.02. The number of aromatic carboxylic acids is 1. The highest BCUT2D eigenvalue weighted by atomic mass is 32.1. The Kier molecular flexibility index (Phi) is 4.14. The van der Waals surface area contributed by atoms with Gasteiger partial charge in [0.25, 0.3) is 0 Å². The predicted octanol–water partition coefficient (Wildman–Crippen LogP) is 4.26. The number of rotatable bonds is 4. The van der Waals surface area contributed by atoms with Gasteiger partial charge in [0.05, 0.1) is 0 Å². The maximum atomic E-state index is 11.2. The Hall–Kier alpha value is -1.81. The molecule has 0 radical (unpaired) electrons. The minimum absolute atomic E-state index is 0.268. The Morgan fingerprint density at radius 3 is 2.30 bits per heavy atom. The molecule has 20 heavy (non-hydrogen) atoms. The van der Waals surface area contributed by atoms with E-state index in [1.165, 1.54) is 28.0 Å². The Morgan fingerprint density at radius 2 is 1.75 bits per heavy atom. The molecule has 0 amide bonds. The lowest BCUT2D eigenvalue weighted by Crippen LogP contribution is -2.03. The van der Waals surface area contributed by atoms with Crippen molar-refractivity contribution in [2.75, 3.05) is 0 Å². The van der Waals surface area contributed by atoms with Crippen LogP contribution in [0.1, 0.15) is 36.8 Å². The van der Waals surface area contributed by atoms with Crippen molar-refractivity contribution in [3.63, 3.8) is 0 Å². The van der Waals surface area contributed by atoms with Crippen LogP contribution < -0.4 is 4.74 Å². The van der Waals surface area contributed by atoms with Gasteiger partial charge < -0.3 is 9.84 Å². The molecule has 0 saturated heterocycles. The van der Waals surface area contributed by atoms with Gasteiger partial charge in [0.2, 0.25) is 0 Å². The van der Waals surface area contributed by atoms with Crippen molar-refractivity contribution < 1.29 is 14.6 Å². The van der Waals surface area contributed by atoms with Crippen LogP contribution in [0.15, 0.2) is 18.2 Å². The average molecular weight is 290 g/mol. The number of carboxylic acid groups (broad SMARTS) is 1. The zero-order valence-electron chi connectivity index (χ0n) is 12.1. The molecule has 4 heteroatoms. The fourth-order valence-electron chi connectivity index (χ4n) is 2.33. The van der Waals surface area contributed by atoms with Crippen LogP contribution in [0.2, 0.25) is 0 Å². The summed E-state index contributed by atoms with van der Waals surface area (Å²) in [5.74, 6) is -0.477. The first kappa shape index (κ1) is 14.6. The van der Waals surface area contributed by atoms with Crippen molar-refractivity contribution in [1.29, 1.82) is 0 Å². The Balaban J connectivity index is 2.23. The number of aryl methyl sites for hydroxylation is 4. The van der Waals surface area contributed by atoms with Crippen molar-refractivity contribution in [3.8, 4) is 5.75 Å². The molecule has 1 aromatic carbocycles. The SMILES string of the molecule is Cc1cc(C)c(COc2cc(C)sc2C(=O)O)c(C)c1. The van der Waals surface area contributed by atoms with Crippen LogP contribution in [0.3, 0.4) is 0 Å². The number of carbonyl (C=O) groups is 1. The van der Waals surface area contributed by atoms with E-state index in [4.69, 9.17) is 9.84 Å². The highest BCUT2D eigenvalue weighted by Crippen LogP contribution is 2.30. The lowest BCUT2D eigenvalue weighted by Gasteiger charge is -2.12. The summed E-state index contributed by atoms with van der Waals surface area (Å²) in [5, 5.41) is 9.15. The van der Waals surface area contributed by atoms with Gasteiger partial charge in [0, 0.05) is 4.88 Å². The first-order chi connectivity index (χ1) is 9.38. The molecule has 3 nitrogen and oxygen atoms in total. The van der Waals surface area contributed by atoms with Gasteiger partial charge in [0.1, 0.15) is 12.4 Å². The van der Waals surface area contributed by atoms with Crippen LogP contribution in [0, 0.1) is 27.7 Å². The van der Waals surface area contributed by atoms with Gasteiger partial charge in [-0.3, -0.25) is 0 Å². The Bertz CT molecular complexity index is 633. The van der Waals surface area contributed by atoms with E-state index < -0.39 is 5.97 Å². The second-order valence-corrected chi connectivity index (χ2v) is 6.28. The summed E-state index contributed by atoms with van der Waals surface area (Å²) in [5.41, 5.74) is 4.69. The van der Waals surface area contributed by atoms with Crippen molar-refractivity contribution >= 4 is 17.3 Å². The van der Waals surface area contributed by atoms with Gasteiger partial charge >= 0.3 is 5.97 Å². The molecular formula is C16H18O3S. The van der Waals surface area contributed by atoms with Crippen LogP contribution >= 0.6 is 11.3 Å². The maximum Gasteiger partial charge on any atom is 0.349 e. The van der Waals surface area contributed by atoms with Crippen LogP contribution in [0.5, 0.6) is 5.75 Å². The molecule has 106 valence electrons. The van der Waals surface area contributed by atoms with Crippen LogP contribution in [-0.2, 0) is 6.61 Å². The lowest BCUT2D eigenvalue weighted by molar-refractivity contribution is 0.0697. The molecule has 2 rings (SSSR count). The normalized spacial score (nSPS) is 10.6. The standard InChI is InChI=1S/C16H18O3S/c1-9-5-10(2)13(11(3)6-9)8-19-14-7-12(4)20-15(14)16(17)18/h5-7H,8H2,1-4H3,(H,17,18). The fraction of sp³-hybridized carbons (Fsp3) is 0.312. The molecule has 0 atom stereocenters. The van der Waals surface area contributed by atoms with E-state index in [1.807, 2.05) is 6.92 Å². The lowest BCUT2D eigenvalue weighted by atomic mass is 10.0. The van der Waals surface area contributed by atoms with Crippen molar-refractivity contribution in [2.45, 2.75) is 34.3 Å². The summed E-state index contributed by atoms with van der Waals surface area (Å²) in [7, 11) is 0. The molecule has 1 heterocycles. The summed E-state index contributed by atoms with van der Waals surface area (Å²) in [6.07, 6.45) is 0. The number of hydrogen-bond donors (Lipinski definition) is 1. The van der Waals surface area contributed by atoms with E-state index >= 15 is 0 Å². The molecule has 0 bridgehead atoms. The third-order valence-corrected chi connectivity index (χ3v) is 4.25. The van der Waals surface area contributed by atoms with Gasteiger partial charge in [-0.05, 0) is 50.5 Å². The minimum Gasteiger partial charge on any atom is -0.487 e. The number of thiophene rings is 1. The zero-order valence-corrected chi connectivity index (χ0v) is 12.9. The molecule has 0 aliphatic rings. The quantitative estimate of drug-likeness (QED) is 0.915. The van der Waals surface area contributed by atoms with E-state index in [9.17, 15) is 4.79 Å². The van der Waals surface area contributed by atoms with Crippen molar-refractivity contribution in [1.82, 2.24) is 0 Å². The summed E-state index contributed by atoms with van der Waals surface area (Å²) in [6, 6.07) is 6.01. The van der Waals surface area contributed by atoms with Crippen LogP contribution in [0.4, 0.5) is 0 Å². The highest BCUT2D eigenvalue weighted by Gasteiger charge is 2.16. The average Bonchev–Trinajstić information content (AvgIpc) is 2.69. The topological polar surface area (TPSA) is 46.5 Å². The smallest absolute Gasteiger partial charge is 0.349 e. The summed E-state index contributed by atoms with van der Waals surface area (Å²) in [6.45, 7) is 8.45. The van der Waals surface area contributed by atoms with E-state index in [1.54, 1.807) is 6.07 Å². The molecule has 0 aliphatic carbocycles. The first-order valence-corrected chi connectivity index (χ1v) is 7.23. The van der Waals surface area contributed by atoms with Gasteiger partial charge in [0.15, 0.2) is 4.88 Å². The number of hydrogen-bond acceptors (Lipinski definition) is 3. The zero-order chi connectivity index (χ0) is 14.9. The van der Waals surface area contributed by atoms with Crippen LogP contribution in [-0.4, -0.2) is 11.1 Å². The number of benzene rings is 1. The molecule has 2 aromatic rings. The monoisotopic (exact) mass is 290 g/mol. The summed E-state index contributed by atoms with van der Waals surface area (Å²) >= 11 is 1.24. The molecular weight excluding hydrogens is 272 g/mol. The summed E-state index contributed by atoms with van der Waals surface area (Å²) < 4.78 is 5.74. The predicted molar refractivity (Wildman–Crippen MR) is 81.0 cm³/mol. The van der Waals surface area contributed by atoms with E-state index in [-0.39, 0.29) is 4.88 Å². The highest BCUT2D eigenvalue weighted by molar-refractivity contribution is 7.14. The van der Waals surface area contributed by atoms with Gasteiger partial charge in [-0.25, -0.2) is 4.79 Å². The van der Waals surface area contributed by atoms with Gasteiger partial charge in [-0.1, -0.05) is 17.7 Å². The molecule has 0 fully saturated rings. The third kappa shape index (κ3) is 3.02. The number of carboxylic acids is 1. The molecule has 0 spiro atoms. The molecule has 0 saturated carbocycles.